The number of carbonyl (C=O) groups is 3. The molecular weight excluding hydrogens is 366 g/mol. The fourth-order valence-corrected chi connectivity index (χ4v) is 2.33. The lowest BCUT2D eigenvalue weighted by Gasteiger charge is -2.16. The number of esters is 2. The van der Waals surface area contributed by atoms with E-state index >= 15 is 0 Å². The summed E-state index contributed by atoms with van der Waals surface area (Å²) in [5, 5.41) is 6.40. The third kappa shape index (κ3) is 5.50. The molecule has 0 aliphatic heterocycles. The van der Waals surface area contributed by atoms with E-state index in [0.717, 1.165) is 10.2 Å². The van der Waals surface area contributed by atoms with Crippen LogP contribution in [0.4, 0.5) is 0 Å². The van der Waals surface area contributed by atoms with E-state index in [-0.39, 0.29) is 13.2 Å². The highest BCUT2D eigenvalue weighted by atomic mass is 16.6. The molecule has 148 valence electrons. The molecule has 9 heteroatoms. The number of rotatable bonds is 8. The van der Waals surface area contributed by atoms with Gasteiger partial charge in [-0.15, -0.1) is 0 Å². The Balaban J connectivity index is 2.17. The third-order valence-electron chi connectivity index (χ3n) is 3.58. The smallest absolute Gasteiger partial charge is 0.340 e. The van der Waals surface area contributed by atoms with Crippen LogP contribution in [0.2, 0.25) is 0 Å². The van der Waals surface area contributed by atoms with E-state index in [1.807, 2.05) is 30.3 Å². The van der Waals surface area contributed by atoms with Crippen molar-refractivity contribution in [1.82, 2.24) is 15.1 Å². The van der Waals surface area contributed by atoms with Crippen molar-refractivity contribution in [2.24, 2.45) is 0 Å². The molecule has 2 aromatic rings. The Morgan fingerprint density at radius 2 is 1.61 bits per heavy atom. The highest BCUT2D eigenvalue weighted by Crippen LogP contribution is 2.13. The fraction of sp³-hybridized carbons (Fsp3) is 0.316. The molecule has 1 aromatic carbocycles. The predicted octanol–water partition coefficient (Wildman–Crippen LogP) is 0.521. The molecule has 0 saturated heterocycles. The van der Waals surface area contributed by atoms with Crippen molar-refractivity contribution in [3.05, 3.63) is 52.8 Å². The summed E-state index contributed by atoms with van der Waals surface area (Å²) in [6.45, 7) is 2.73. The van der Waals surface area contributed by atoms with Crippen molar-refractivity contribution in [1.29, 1.82) is 0 Å². The zero-order valence-corrected chi connectivity index (χ0v) is 15.6. The average molecular weight is 387 g/mol. The van der Waals surface area contributed by atoms with Crippen molar-refractivity contribution in [2.75, 3.05) is 13.2 Å². The highest BCUT2D eigenvalue weighted by Gasteiger charge is 2.31. The van der Waals surface area contributed by atoms with Crippen LogP contribution in [0.25, 0.3) is 11.3 Å². The Hall–Kier alpha value is -3.49. The Morgan fingerprint density at radius 3 is 2.18 bits per heavy atom. The van der Waals surface area contributed by atoms with E-state index in [9.17, 15) is 19.2 Å². The lowest BCUT2D eigenvalue weighted by molar-refractivity contribution is -0.159. The maximum absolute atomic E-state index is 12.3. The van der Waals surface area contributed by atoms with Gasteiger partial charge in [0.2, 0.25) is 11.9 Å². The van der Waals surface area contributed by atoms with Gasteiger partial charge in [-0.05, 0) is 19.9 Å². The van der Waals surface area contributed by atoms with E-state index < -0.39 is 36.0 Å². The molecule has 0 atom stereocenters. The minimum Gasteiger partial charge on any atom is -0.464 e. The molecular formula is C19H21N3O6. The van der Waals surface area contributed by atoms with Gasteiger partial charge in [0, 0.05) is 11.6 Å². The maximum Gasteiger partial charge on any atom is 0.340 e. The zero-order valence-electron chi connectivity index (χ0n) is 15.6. The predicted molar refractivity (Wildman–Crippen MR) is 99.1 cm³/mol. The summed E-state index contributed by atoms with van der Waals surface area (Å²) in [6, 6.07) is 10.3. The zero-order chi connectivity index (χ0) is 20.5. The van der Waals surface area contributed by atoms with Crippen LogP contribution >= 0.6 is 0 Å². The molecule has 9 nitrogen and oxygen atoms in total. The van der Waals surface area contributed by atoms with Gasteiger partial charge in [-0.1, -0.05) is 30.3 Å². The highest BCUT2D eigenvalue weighted by molar-refractivity contribution is 6.02. The van der Waals surface area contributed by atoms with E-state index in [4.69, 9.17) is 9.47 Å². The molecule has 0 saturated carbocycles. The topological polar surface area (TPSA) is 117 Å². The average Bonchev–Trinajstić information content (AvgIpc) is 2.68. The Bertz CT molecular complexity index is 876. The molecule has 0 unspecified atom stereocenters. The van der Waals surface area contributed by atoms with Crippen molar-refractivity contribution in [2.45, 2.75) is 26.4 Å². The normalized spacial score (nSPS) is 10.4. The Kier molecular flexibility index (Phi) is 7.44. The Labute approximate surface area is 161 Å². The van der Waals surface area contributed by atoms with Gasteiger partial charge in [0.05, 0.1) is 18.9 Å². The van der Waals surface area contributed by atoms with Gasteiger partial charge < -0.3 is 14.8 Å². The van der Waals surface area contributed by atoms with Crippen LogP contribution in [0.3, 0.4) is 0 Å². The number of nitrogens with one attached hydrogen (secondary N) is 1. The first kappa shape index (κ1) is 20.8. The second kappa shape index (κ2) is 10.0. The Morgan fingerprint density at radius 1 is 1.00 bits per heavy atom. The van der Waals surface area contributed by atoms with E-state index in [2.05, 4.69) is 10.4 Å². The standard InChI is InChI=1S/C19H21N3O6/c1-3-27-18(25)17(19(26)28-4-2)20-15(23)12-22-16(24)11-10-14(21-22)13-8-6-5-7-9-13/h5-11,17H,3-4,12H2,1-2H3,(H,20,23). The monoisotopic (exact) mass is 387 g/mol. The molecule has 1 heterocycles. The first-order valence-electron chi connectivity index (χ1n) is 8.72. The number of hydrogen-bond donors (Lipinski definition) is 1. The molecule has 0 spiro atoms. The fourth-order valence-electron chi connectivity index (χ4n) is 2.33. The van der Waals surface area contributed by atoms with Crippen LogP contribution in [-0.4, -0.2) is 46.9 Å². The molecule has 0 aliphatic rings. The lowest BCUT2D eigenvalue weighted by atomic mass is 10.1. The lowest BCUT2D eigenvalue weighted by Crippen LogP contribution is -2.49. The molecule has 0 bridgehead atoms. The van der Waals surface area contributed by atoms with Crippen LogP contribution in [-0.2, 0) is 30.4 Å². The van der Waals surface area contributed by atoms with Gasteiger partial charge in [0.25, 0.3) is 5.56 Å². The van der Waals surface area contributed by atoms with E-state index in [0.29, 0.717) is 5.69 Å². The van der Waals surface area contributed by atoms with Gasteiger partial charge in [-0.3, -0.25) is 9.59 Å². The molecule has 0 fully saturated rings. The van der Waals surface area contributed by atoms with E-state index in [1.165, 1.54) is 6.07 Å². The minimum atomic E-state index is -1.61. The number of benzene rings is 1. The quantitative estimate of drug-likeness (QED) is 0.518. The van der Waals surface area contributed by atoms with E-state index in [1.54, 1.807) is 19.9 Å². The number of carbonyl (C=O) groups excluding carboxylic acids is 3. The first-order valence-corrected chi connectivity index (χ1v) is 8.72. The number of hydrogen-bond acceptors (Lipinski definition) is 7. The SMILES string of the molecule is CCOC(=O)C(NC(=O)Cn1nc(-c2ccccc2)ccc1=O)C(=O)OCC. The largest absolute Gasteiger partial charge is 0.464 e. The molecule has 0 radical (unpaired) electrons. The summed E-state index contributed by atoms with van der Waals surface area (Å²) in [5.41, 5.74) is 0.770. The van der Waals surface area contributed by atoms with Crippen molar-refractivity contribution in [3.8, 4) is 11.3 Å². The molecule has 1 aromatic heterocycles. The summed E-state index contributed by atoms with van der Waals surface area (Å²) in [4.78, 5) is 48.2. The van der Waals surface area contributed by atoms with Gasteiger partial charge in [-0.25, -0.2) is 14.3 Å². The van der Waals surface area contributed by atoms with Crippen molar-refractivity contribution in [3.63, 3.8) is 0 Å². The number of ether oxygens (including phenoxy) is 2. The molecule has 2 rings (SSSR count). The third-order valence-corrected chi connectivity index (χ3v) is 3.58. The van der Waals surface area contributed by atoms with Crippen LogP contribution in [0.1, 0.15) is 13.8 Å². The minimum absolute atomic E-state index is 0.0325. The summed E-state index contributed by atoms with van der Waals surface area (Å²) < 4.78 is 10.5. The molecule has 1 N–H and O–H groups in total. The molecule has 1 amide bonds. The molecule has 0 aliphatic carbocycles. The van der Waals surface area contributed by atoms with Crippen LogP contribution < -0.4 is 10.9 Å². The number of amides is 1. The summed E-state index contributed by atoms with van der Waals surface area (Å²) in [5.74, 6) is -2.63. The van der Waals surface area contributed by atoms with Crippen LogP contribution in [0, 0.1) is 0 Å². The van der Waals surface area contributed by atoms with Crippen molar-refractivity contribution < 1.29 is 23.9 Å². The summed E-state index contributed by atoms with van der Waals surface area (Å²) >= 11 is 0. The second-order valence-electron chi connectivity index (χ2n) is 5.59. The van der Waals surface area contributed by atoms with Gasteiger partial charge >= 0.3 is 11.9 Å². The van der Waals surface area contributed by atoms with Gasteiger partial charge in [-0.2, -0.15) is 5.10 Å². The van der Waals surface area contributed by atoms with Gasteiger partial charge in [0.1, 0.15) is 6.54 Å². The summed E-state index contributed by atoms with van der Waals surface area (Å²) in [6.07, 6.45) is 0. The van der Waals surface area contributed by atoms with Crippen LogP contribution in [0.15, 0.2) is 47.3 Å². The van der Waals surface area contributed by atoms with Gasteiger partial charge in [0.15, 0.2) is 0 Å². The second-order valence-corrected chi connectivity index (χ2v) is 5.59. The first-order chi connectivity index (χ1) is 13.5. The molecule has 28 heavy (non-hydrogen) atoms. The maximum atomic E-state index is 12.3. The van der Waals surface area contributed by atoms with Crippen LogP contribution in [0.5, 0.6) is 0 Å². The number of aromatic nitrogens is 2. The van der Waals surface area contributed by atoms with Crippen molar-refractivity contribution >= 4 is 17.8 Å². The number of nitrogens with zero attached hydrogens (tertiary/aromatic N) is 2. The summed E-state index contributed by atoms with van der Waals surface area (Å²) in [7, 11) is 0.